The van der Waals surface area contributed by atoms with Crippen molar-refractivity contribution in [2.24, 2.45) is 5.73 Å². The lowest BCUT2D eigenvalue weighted by atomic mass is 10.1. The Labute approximate surface area is 162 Å². The van der Waals surface area contributed by atoms with E-state index in [-0.39, 0.29) is 12.5 Å². The first kappa shape index (κ1) is 19.3. The van der Waals surface area contributed by atoms with Gasteiger partial charge in [0.1, 0.15) is 5.69 Å². The highest BCUT2D eigenvalue weighted by molar-refractivity contribution is 6.21. The second kappa shape index (κ2) is 8.03. The molecule has 5 N–H and O–H groups in total. The van der Waals surface area contributed by atoms with Crippen molar-refractivity contribution in [1.82, 2.24) is 20.1 Å². The average molecular weight is 381 g/mol. The second-order valence-electron chi connectivity index (χ2n) is 6.76. The van der Waals surface area contributed by atoms with Crippen molar-refractivity contribution >= 4 is 28.8 Å². The molecule has 0 saturated heterocycles. The predicted molar refractivity (Wildman–Crippen MR) is 106 cm³/mol. The SMILES string of the molecule is CC(=N)C(=C(C)N)c1ccc(NC(=O)CNC(=O)c2ccn(C3CC3)n2)cn1. The molecule has 0 aromatic carbocycles. The summed E-state index contributed by atoms with van der Waals surface area (Å²) < 4.78 is 1.78. The molecule has 28 heavy (non-hydrogen) atoms. The summed E-state index contributed by atoms with van der Waals surface area (Å²) in [4.78, 5) is 28.4. The quantitative estimate of drug-likeness (QED) is 0.541. The van der Waals surface area contributed by atoms with E-state index in [0.717, 1.165) is 12.8 Å². The van der Waals surface area contributed by atoms with Crippen molar-refractivity contribution in [2.75, 3.05) is 11.9 Å². The van der Waals surface area contributed by atoms with Gasteiger partial charge in [-0.1, -0.05) is 0 Å². The molecule has 1 aliphatic rings. The Bertz CT molecular complexity index is 935. The van der Waals surface area contributed by atoms with Crippen molar-refractivity contribution in [3.05, 3.63) is 47.7 Å². The van der Waals surface area contributed by atoms with Gasteiger partial charge in [-0.2, -0.15) is 5.10 Å². The van der Waals surface area contributed by atoms with E-state index in [0.29, 0.717) is 40.1 Å². The maximum atomic E-state index is 12.1. The number of carbonyl (C=O) groups excluding carboxylic acids is 2. The molecule has 2 aromatic heterocycles. The fourth-order valence-electron chi connectivity index (χ4n) is 2.76. The lowest BCUT2D eigenvalue weighted by Gasteiger charge is -2.09. The number of rotatable bonds is 7. The summed E-state index contributed by atoms with van der Waals surface area (Å²) >= 11 is 0. The van der Waals surface area contributed by atoms with Crippen molar-refractivity contribution in [2.45, 2.75) is 32.7 Å². The number of hydrogen-bond donors (Lipinski definition) is 4. The van der Waals surface area contributed by atoms with Crippen LogP contribution in [0.3, 0.4) is 0 Å². The third kappa shape index (κ3) is 4.61. The van der Waals surface area contributed by atoms with Gasteiger partial charge in [-0.3, -0.25) is 19.3 Å². The lowest BCUT2D eigenvalue weighted by molar-refractivity contribution is -0.115. The molecule has 2 amide bonds. The molecular weight excluding hydrogens is 358 g/mol. The zero-order valence-electron chi connectivity index (χ0n) is 15.8. The topological polar surface area (TPSA) is 139 Å². The Balaban J connectivity index is 1.53. The molecule has 9 nitrogen and oxygen atoms in total. The van der Waals surface area contributed by atoms with Gasteiger partial charge in [0.25, 0.3) is 5.91 Å². The molecule has 146 valence electrons. The van der Waals surface area contributed by atoms with Gasteiger partial charge < -0.3 is 21.8 Å². The minimum absolute atomic E-state index is 0.177. The van der Waals surface area contributed by atoms with Crippen LogP contribution in [0.1, 0.15) is 48.9 Å². The molecule has 0 unspecified atom stereocenters. The summed E-state index contributed by atoms with van der Waals surface area (Å²) in [5.74, 6) is -0.767. The van der Waals surface area contributed by atoms with Crippen LogP contribution in [0.2, 0.25) is 0 Å². The molecule has 0 aliphatic heterocycles. The number of amides is 2. The third-order valence-electron chi connectivity index (χ3n) is 4.24. The first-order chi connectivity index (χ1) is 13.3. The summed E-state index contributed by atoms with van der Waals surface area (Å²) in [6.07, 6.45) is 5.43. The minimum Gasteiger partial charge on any atom is -0.402 e. The van der Waals surface area contributed by atoms with E-state index in [1.165, 1.54) is 6.20 Å². The van der Waals surface area contributed by atoms with E-state index >= 15 is 0 Å². The Hall–Kier alpha value is -3.49. The van der Waals surface area contributed by atoms with Crippen LogP contribution in [0.4, 0.5) is 5.69 Å². The number of aromatic nitrogens is 3. The molecular formula is C19H23N7O2. The molecule has 1 aliphatic carbocycles. The fourth-order valence-corrected chi connectivity index (χ4v) is 2.76. The van der Waals surface area contributed by atoms with Gasteiger partial charge in [0, 0.05) is 23.2 Å². The number of nitrogens with one attached hydrogen (secondary N) is 3. The van der Waals surface area contributed by atoms with Crippen LogP contribution in [-0.2, 0) is 4.79 Å². The van der Waals surface area contributed by atoms with Crippen LogP contribution in [0.15, 0.2) is 36.3 Å². The van der Waals surface area contributed by atoms with Gasteiger partial charge in [-0.25, -0.2) is 0 Å². The second-order valence-corrected chi connectivity index (χ2v) is 6.76. The molecule has 9 heteroatoms. The third-order valence-corrected chi connectivity index (χ3v) is 4.24. The largest absolute Gasteiger partial charge is 0.402 e. The van der Waals surface area contributed by atoms with Crippen molar-refractivity contribution < 1.29 is 9.59 Å². The van der Waals surface area contributed by atoms with Crippen LogP contribution in [-0.4, -0.2) is 38.8 Å². The molecule has 2 aromatic rings. The average Bonchev–Trinajstić information content (AvgIpc) is 3.37. The molecule has 0 atom stereocenters. The Morgan fingerprint density at radius 1 is 1.25 bits per heavy atom. The van der Waals surface area contributed by atoms with Crippen molar-refractivity contribution in [1.29, 1.82) is 5.41 Å². The van der Waals surface area contributed by atoms with Crippen LogP contribution >= 0.6 is 0 Å². The van der Waals surface area contributed by atoms with Crippen LogP contribution < -0.4 is 16.4 Å². The van der Waals surface area contributed by atoms with Gasteiger partial charge >= 0.3 is 0 Å². The maximum Gasteiger partial charge on any atom is 0.272 e. The van der Waals surface area contributed by atoms with Crippen LogP contribution in [0.5, 0.6) is 0 Å². The molecule has 1 fully saturated rings. The highest BCUT2D eigenvalue weighted by Crippen LogP contribution is 2.33. The monoisotopic (exact) mass is 381 g/mol. The number of hydrogen-bond acceptors (Lipinski definition) is 6. The molecule has 0 spiro atoms. The molecule has 0 bridgehead atoms. The van der Waals surface area contributed by atoms with Gasteiger partial charge in [0.15, 0.2) is 0 Å². The Morgan fingerprint density at radius 3 is 2.57 bits per heavy atom. The summed E-state index contributed by atoms with van der Waals surface area (Å²) in [7, 11) is 0. The van der Waals surface area contributed by atoms with E-state index < -0.39 is 5.91 Å². The summed E-state index contributed by atoms with van der Waals surface area (Å²) in [5.41, 5.74) is 8.53. The van der Waals surface area contributed by atoms with E-state index in [9.17, 15) is 9.59 Å². The molecule has 2 heterocycles. The van der Waals surface area contributed by atoms with Gasteiger partial charge in [0.2, 0.25) is 5.91 Å². The molecule has 1 saturated carbocycles. The smallest absolute Gasteiger partial charge is 0.272 e. The van der Waals surface area contributed by atoms with Crippen LogP contribution in [0.25, 0.3) is 5.57 Å². The minimum atomic E-state index is -0.391. The van der Waals surface area contributed by atoms with Crippen molar-refractivity contribution in [3.8, 4) is 0 Å². The van der Waals surface area contributed by atoms with Gasteiger partial charge in [-0.05, 0) is 44.9 Å². The van der Waals surface area contributed by atoms with Gasteiger partial charge in [-0.15, -0.1) is 0 Å². The first-order valence-corrected chi connectivity index (χ1v) is 8.96. The Morgan fingerprint density at radius 2 is 2.00 bits per heavy atom. The standard InChI is InChI=1S/C19H23N7O2/c1-11(20)18(12(2)21)15-6-3-13(9-22-15)24-17(27)10-23-19(28)16-7-8-26(25-16)14-4-5-14/h3,6-9,14,20H,4-5,10,21H2,1-2H3,(H,23,28)(H,24,27). The van der Waals surface area contributed by atoms with Crippen LogP contribution in [0, 0.1) is 5.41 Å². The molecule has 0 radical (unpaired) electrons. The highest BCUT2D eigenvalue weighted by Gasteiger charge is 2.25. The predicted octanol–water partition coefficient (Wildman–Crippen LogP) is 1.71. The van der Waals surface area contributed by atoms with Crippen molar-refractivity contribution in [3.63, 3.8) is 0 Å². The van der Waals surface area contributed by atoms with E-state index in [1.807, 2.05) is 0 Å². The number of carbonyl (C=O) groups is 2. The van der Waals surface area contributed by atoms with E-state index in [4.69, 9.17) is 11.1 Å². The number of anilines is 1. The fraction of sp³-hybridized carbons (Fsp3) is 0.316. The number of nitrogens with zero attached hydrogens (tertiary/aromatic N) is 3. The highest BCUT2D eigenvalue weighted by atomic mass is 16.2. The summed E-state index contributed by atoms with van der Waals surface area (Å²) in [6.45, 7) is 3.17. The normalized spacial score (nSPS) is 14.2. The number of nitrogens with two attached hydrogens (primary N) is 1. The van der Waals surface area contributed by atoms with E-state index in [2.05, 4.69) is 20.7 Å². The lowest BCUT2D eigenvalue weighted by Crippen LogP contribution is -2.33. The summed E-state index contributed by atoms with van der Waals surface area (Å²) in [6, 6.07) is 5.40. The molecule has 3 rings (SSSR count). The first-order valence-electron chi connectivity index (χ1n) is 8.96. The van der Waals surface area contributed by atoms with Gasteiger partial charge in [0.05, 0.1) is 30.2 Å². The summed E-state index contributed by atoms with van der Waals surface area (Å²) in [5, 5.41) is 17.2. The Kier molecular flexibility index (Phi) is 5.53. The number of pyridine rings is 1. The van der Waals surface area contributed by atoms with E-state index in [1.54, 1.807) is 42.9 Å². The zero-order valence-corrected chi connectivity index (χ0v) is 15.8. The number of allylic oxidation sites excluding steroid dienone is 2. The zero-order chi connectivity index (χ0) is 20.3. The maximum absolute atomic E-state index is 12.1.